The lowest BCUT2D eigenvalue weighted by atomic mass is 9.99. The zero-order chi connectivity index (χ0) is 18.4. The van der Waals surface area contributed by atoms with E-state index in [1.807, 2.05) is 5.01 Å². The molecule has 1 aromatic carbocycles. The summed E-state index contributed by atoms with van der Waals surface area (Å²) in [6.45, 7) is 5.10. The lowest BCUT2D eigenvalue weighted by Crippen LogP contribution is -2.47. The minimum atomic E-state index is -0.922. The number of methoxy groups -OCH3 is 1. The van der Waals surface area contributed by atoms with Gasteiger partial charge in [0.2, 0.25) is 0 Å². The maximum Gasteiger partial charge on any atom is 0.124 e. The Morgan fingerprint density at radius 3 is 2.77 bits per heavy atom. The van der Waals surface area contributed by atoms with Gasteiger partial charge in [0.15, 0.2) is 0 Å². The third-order valence-corrected chi connectivity index (χ3v) is 6.01. The zero-order valence-corrected chi connectivity index (χ0v) is 15.7. The number of nitrogens with two attached hydrogens (primary N) is 2. The van der Waals surface area contributed by atoms with E-state index in [2.05, 4.69) is 28.9 Å². The number of hydrazine groups is 1. The Bertz CT molecular complexity index is 668. The van der Waals surface area contributed by atoms with Gasteiger partial charge in [0.05, 0.1) is 13.3 Å². The number of rotatable bonds is 5. The standard InChI is InChI=1S/C19H30FN5O/c1-12-18(23-8-15(16(20)9-23)17(21)10-26-2)6-3-13-7-24(22)11-25(19(12)13)14-4-5-14/h3,6,14-17H,4-5,7-11,21-22H2,1-2H3/t15-,16+,17-/m0/s1. The Balaban J connectivity index is 1.61. The summed E-state index contributed by atoms with van der Waals surface area (Å²) in [5.74, 6) is 5.93. The quantitative estimate of drug-likeness (QED) is 0.770. The normalized spacial score (nSPS) is 27.7. The highest BCUT2D eigenvalue weighted by Gasteiger charge is 2.39. The maximum atomic E-state index is 14.6. The van der Waals surface area contributed by atoms with Crippen molar-refractivity contribution in [2.24, 2.45) is 17.5 Å². The van der Waals surface area contributed by atoms with E-state index in [4.69, 9.17) is 16.3 Å². The van der Waals surface area contributed by atoms with Crippen LogP contribution in [-0.2, 0) is 11.3 Å². The Hall–Kier alpha value is -1.41. The van der Waals surface area contributed by atoms with Gasteiger partial charge in [0.25, 0.3) is 0 Å². The van der Waals surface area contributed by atoms with Gasteiger partial charge in [-0.2, -0.15) is 0 Å². The average molecular weight is 363 g/mol. The predicted molar refractivity (Wildman–Crippen MR) is 102 cm³/mol. The number of fused-ring (bicyclic) bond motifs is 1. The molecule has 144 valence electrons. The summed E-state index contributed by atoms with van der Waals surface area (Å²) >= 11 is 0. The molecule has 1 aromatic rings. The number of benzene rings is 1. The van der Waals surface area contributed by atoms with Crippen LogP contribution in [0.1, 0.15) is 24.0 Å². The van der Waals surface area contributed by atoms with Crippen molar-refractivity contribution in [3.8, 4) is 0 Å². The molecular weight excluding hydrogens is 333 g/mol. The molecule has 0 spiro atoms. The first kappa shape index (κ1) is 18.0. The molecule has 3 aliphatic rings. The number of anilines is 2. The summed E-state index contributed by atoms with van der Waals surface area (Å²) in [7, 11) is 1.61. The van der Waals surface area contributed by atoms with Crippen LogP contribution in [0.3, 0.4) is 0 Å². The Labute approximate surface area is 154 Å². The fourth-order valence-electron chi connectivity index (χ4n) is 4.54. The Kier molecular flexibility index (Phi) is 4.81. The van der Waals surface area contributed by atoms with E-state index in [9.17, 15) is 4.39 Å². The van der Waals surface area contributed by atoms with Crippen molar-refractivity contribution in [1.82, 2.24) is 5.01 Å². The van der Waals surface area contributed by atoms with Crippen molar-refractivity contribution >= 4 is 11.4 Å². The minimum absolute atomic E-state index is 0.190. The molecule has 1 aliphatic carbocycles. The molecule has 1 saturated heterocycles. The van der Waals surface area contributed by atoms with Gasteiger partial charge < -0.3 is 20.3 Å². The second-order valence-corrected chi connectivity index (χ2v) is 8.01. The van der Waals surface area contributed by atoms with Crippen LogP contribution in [0.4, 0.5) is 15.8 Å². The predicted octanol–water partition coefficient (Wildman–Crippen LogP) is 1.36. The third-order valence-electron chi connectivity index (χ3n) is 6.01. The molecule has 0 radical (unpaired) electrons. The van der Waals surface area contributed by atoms with Crippen LogP contribution < -0.4 is 21.4 Å². The van der Waals surface area contributed by atoms with Crippen LogP contribution in [0.15, 0.2) is 12.1 Å². The minimum Gasteiger partial charge on any atom is -0.383 e. The summed E-state index contributed by atoms with van der Waals surface area (Å²) in [6.07, 6.45) is 1.53. The van der Waals surface area contributed by atoms with E-state index >= 15 is 0 Å². The Morgan fingerprint density at radius 1 is 1.31 bits per heavy atom. The van der Waals surface area contributed by atoms with Gasteiger partial charge in [-0.1, -0.05) is 6.07 Å². The lowest BCUT2D eigenvalue weighted by molar-refractivity contribution is 0.138. The van der Waals surface area contributed by atoms with Gasteiger partial charge in [0.1, 0.15) is 6.17 Å². The van der Waals surface area contributed by atoms with Crippen LogP contribution in [-0.4, -0.2) is 56.7 Å². The smallest absolute Gasteiger partial charge is 0.124 e. The SMILES string of the molecule is COC[C@H](N)[C@H]1CN(c2ccc3c(c2C)N(C2CC2)CN(N)C3)C[C@H]1F. The fourth-order valence-corrected chi connectivity index (χ4v) is 4.54. The summed E-state index contributed by atoms with van der Waals surface area (Å²) < 4.78 is 19.8. The molecule has 0 amide bonds. The van der Waals surface area contributed by atoms with E-state index in [1.165, 1.54) is 29.7 Å². The molecule has 6 nitrogen and oxygen atoms in total. The largest absolute Gasteiger partial charge is 0.383 e. The van der Waals surface area contributed by atoms with Crippen LogP contribution in [0.2, 0.25) is 0 Å². The fraction of sp³-hybridized carbons (Fsp3) is 0.684. The highest BCUT2D eigenvalue weighted by Crippen LogP contribution is 2.42. The summed E-state index contributed by atoms with van der Waals surface area (Å²) in [5, 5.41) is 1.87. The van der Waals surface area contributed by atoms with E-state index in [0.29, 0.717) is 25.7 Å². The first-order valence-corrected chi connectivity index (χ1v) is 9.52. The first-order valence-electron chi connectivity index (χ1n) is 9.52. The molecule has 4 N–H and O–H groups in total. The molecule has 0 aromatic heterocycles. The van der Waals surface area contributed by atoms with Crippen LogP contribution in [0.25, 0.3) is 0 Å². The van der Waals surface area contributed by atoms with Gasteiger partial charge in [-0.15, -0.1) is 0 Å². The Morgan fingerprint density at radius 2 is 2.08 bits per heavy atom. The van der Waals surface area contributed by atoms with Gasteiger partial charge in [0, 0.05) is 56.1 Å². The number of nitrogens with zero attached hydrogens (tertiary/aromatic N) is 3. The van der Waals surface area contributed by atoms with Crippen molar-refractivity contribution in [3.05, 3.63) is 23.3 Å². The molecule has 0 unspecified atom stereocenters. The summed E-state index contributed by atoms with van der Waals surface area (Å²) in [4.78, 5) is 4.58. The number of hydrogen-bond acceptors (Lipinski definition) is 6. The first-order chi connectivity index (χ1) is 12.5. The van der Waals surface area contributed by atoms with Crippen molar-refractivity contribution in [1.29, 1.82) is 0 Å². The summed E-state index contributed by atoms with van der Waals surface area (Å²) in [6, 6.07) is 4.59. The highest BCUT2D eigenvalue weighted by molar-refractivity contribution is 5.72. The van der Waals surface area contributed by atoms with Crippen molar-refractivity contribution in [3.63, 3.8) is 0 Å². The molecule has 2 aliphatic heterocycles. The van der Waals surface area contributed by atoms with Gasteiger partial charge in [-0.3, -0.25) is 5.84 Å². The van der Waals surface area contributed by atoms with Crippen LogP contribution in [0, 0.1) is 12.8 Å². The second-order valence-electron chi connectivity index (χ2n) is 8.01. The topological polar surface area (TPSA) is 71.0 Å². The zero-order valence-electron chi connectivity index (χ0n) is 15.7. The van der Waals surface area contributed by atoms with E-state index in [-0.39, 0.29) is 12.0 Å². The number of alkyl halides is 1. The summed E-state index contributed by atoms with van der Waals surface area (Å²) in [5.41, 5.74) is 11.0. The van der Waals surface area contributed by atoms with E-state index in [1.54, 1.807) is 7.11 Å². The van der Waals surface area contributed by atoms with Crippen LogP contribution in [0.5, 0.6) is 0 Å². The lowest BCUT2D eigenvalue weighted by Gasteiger charge is -2.39. The number of halogens is 1. The molecular formula is C19H30FN5O. The molecule has 2 heterocycles. The molecule has 26 heavy (non-hydrogen) atoms. The highest BCUT2D eigenvalue weighted by atomic mass is 19.1. The molecule has 7 heteroatoms. The van der Waals surface area contributed by atoms with Crippen molar-refractivity contribution in [2.75, 3.05) is 43.3 Å². The van der Waals surface area contributed by atoms with Crippen LogP contribution >= 0.6 is 0 Å². The van der Waals surface area contributed by atoms with Crippen molar-refractivity contribution in [2.45, 2.75) is 44.6 Å². The molecule has 1 saturated carbocycles. The average Bonchev–Trinajstić information content (AvgIpc) is 3.37. The van der Waals surface area contributed by atoms with E-state index in [0.717, 1.165) is 18.9 Å². The van der Waals surface area contributed by atoms with Gasteiger partial charge in [-0.05, 0) is 37.0 Å². The number of hydrogen-bond donors (Lipinski definition) is 2. The number of ether oxygens (including phenoxy) is 1. The maximum absolute atomic E-state index is 14.6. The molecule has 2 fully saturated rings. The van der Waals surface area contributed by atoms with Gasteiger partial charge in [-0.25, -0.2) is 9.40 Å². The molecule has 3 atom stereocenters. The second kappa shape index (κ2) is 6.96. The molecule has 0 bridgehead atoms. The molecule has 4 rings (SSSR count). The third kappa shape index (κ3) is 3.17. The van der Waals surface area contributed by atoms with Crippen molar-refractivity contribution < 1.29 is 9.13 Å². The monoisotopic (exact) mass is 363 g/mol. The van der Waals surface area contributed by atoms with Gasteiger partial charge >= 0.3 is 0 Å². The van der Waals surface area contributed by atoms with E-state index < -0.39 is 6.17 Å².